The van der Waals surface area contributed by atoms with Crippen molar-refractivity contribution in [2.24, 2.45) is 0 Å². The van der Waals surface area contributed by atoms with Crippen molar-refractivity contribution >= 4 is 34.6 Å². The summed E-state index contributed by atoms with van der Waals surface area (Å²) in [5.74, 6) is -0.442. The molecule has 0 aliphatic heterocycles. The number of imide groups is 1. The summed E-state index contributed by atoms with van der Waals surface area (Å²) in [6.45, 7) is 5.60. The van der Waals surface area contributed by atoms with Crippen LogP contribution >= 0.6 is 11.8 Å². The van der Waals surface area contributed by atoms with Crippen molar-refractivity contribution in [1.82, 2.24) is 20.2 Å². The molecule has 8 heteroatoms. The van der Waals surface area contributed by atoms with Crippen LogP contribution in [0, 0.1) is 0 Å². The molecule has 0 saturated heterocycles. The second-order valence-corrected chi connectivity index (χ2v) is 6.98. The molecule has 0 radical (unpaired) electrons. The molecule has 1 aromatic carbocycles. The third-order valence-electron chi connectivity index (χ3n) is 3.92. The fourth-order valence-corrected chi connectivity index (χ4v) is 3.28. The van der Waals surface area contributed by atoms with Crippen molar-refractivity contribution < 1.29 is 9.59 Å². The first-order chi connectivity index (χ1) is 11.9. The number of rotatable bonds is 5. The molecule has 3 amide bonds. The Labute approximate surface area is 150 Å². The van der Waals surface area contributed by atoms with E-state index in [1.54, 1.807) is 29.7 Å². The Morgan fingerprint density at radius 3 is 2.60 bits per heavy atom. The van der Waals surface area contributed by atoms with E-state index in [-0.39, 0.29) is 11.6 Å². The monoisotopic (exact) mass is 362 g/mol. The van der Waals surface area contributed by atoms with E-state index in [1.165, 1.54) is 7.05 Å². The van der Waals surface area contributed by atoms with Gasteiger partial charge < -0.3 is 5.32 Å². The molecule has 0 bridgehead atoms. The first kappa shape index (κ1) is 19.0. The van der Waals surface area contributed by atoms with Gasteiger partial charge in [0.1, 0.15) is 0 Å². The van der Waals surface area contributed by atoms with Crippen molar-refractivity contribution in [3.63, 3.8) is 0 Å². The summed E-state index contributed by atoms with van der Waals surface area (Å²) in [4.78, 5) is 40.9. The third-order valence-corrected chi connectivity index (χ3v) is 4.99. The zero-order valence-corrected chi connectivity index (χ0v) is 15.5. The molecule has 0 saturated carbocycles. The highest BCUT2D eigenvalue weighted by molar-refractivity contribution is 8.00. The average molecular weight is 362 g/mol. The number of amides is 3. The predicted octanol–water partition coefficient (Wildman–Crippen LogP) is 2.30. The molecular weight excluding hydrogens is 340 g/mol. The fraction of sp³-hybridized carbons (Fsp3) is 0.412. The van der Waals surface area contributed by atoms with E-state index in [0.717, 1.165) is 18.2 Å². The summed E-state index contributed by atoms with van der Waals surface area (Å²) in [5, 5.41) is 5.01. The molecule has 25 heavy (non-hydrogen) atoms. The van der Waals surface area contributed by atoms with Gasteiger partial charge in [0.05, 0.1) is 16.2 Å². The molecule has 134 valence electrons. The maximum absolute atomic E-state index is 12.9. The van der Waals surface area contributed by atoms with E-state index in [9.17, 15) is 14.4 Å². The van der Waals surface area contributed by atoms with Crippen LogP contribution in [-0.4, -0.2) is 33.8 Å². The van der Waals surface area contributed by atoms with E-state index < -0.39 is 17.2 Å². The highest BCUT2D eigenvalue weighted by atomic mass is 32.2. The van der Waals surface area contributed by atoms with Crippen LogP contribution in [0.2, 0.25) is 0 Å². The summed E-state index contributed by atoms with van der Waals surface area (Å²) in [7, 11) is 1.44. The van der Waals surface area contributed by atoms with Gasteiger partial charge in [0, 0.05) is 13.1 Å². The number of thioether (sulfide) groups is 1. The van der Waals surface area contributed by atoms with Gasteiger partial charge in [0.2, 0.25) is 5.91 Å². The standard InChI is InChI=1S/C17H22N4O3S/c1-5-10(2)21-15(23)12-8-6-7-9-13(12)19-17(21)25-11(3)14(22)20-16(24)18-4/h6-11H,5H2,1-4H3,(H2,18,20,22,24). The van der Waals surface area contributed by atoms with Crippen molar-refractivity contribution in [2.75, 3.05) is 7.05 Å². The minimum atomic E-state index is -0.583. The SMILES string of the molecule is CCC(C)n1c(SC(C)C(=O)NC(=O)NC)nc2ccccc2c1=O. The van der Waals surface area contributed by atoms with Crippen LogP contribution in [0.25, 0.3) is 10.9 Å². The van der Waals surface area contributed by atoms with Crippen LogP contribution in [-0.2, 0) is 4.79 Å². The van der Waals surface area contributed by atoms with E-state index in [1.807, 2.05) is 19.9 Å². The Kier molecular flexibility index (Phi) is 6.19. The van der Waals surface area contributed by atoms with Gasteiger partial charge in [0.25, 0.3) is 5.56 Å². The highest BCUT2D eigenvalue weighted by Crippen LogP contribution is 2.25. The lowest BCUT2D eigenvalue weighted by Gasteiger charge is -2.20. The lowest BCUT2D eigenvalue weighted by molar-refractivity contribution is -0.119. The normalized spacial score (nSPS) is 13.3. The van der Waals surface area contributed by atoms with Crippen molar-refractivity contribution in [2.45, 2.75) is 43.6 Å². The molecule has 2 aromatic rings. The smallest absolute Gasteiger partial charge is 0.321 e. The van der Waals surface area contributed by atoms with E-state index in [0.29, 0.717) is 16.1 Å². The Morgan fingerprint density at radius 1 is 1.28 bits per heavy atom. The van der Waals surface area contributed by atoms with Crippen LogP contribution < -0.4 is 16.2 Å². The number of hydrogen-bond acceptors (Lipinski definition) is 5. The van der Waals surface area contributed by atoms with Gasteiger partial charge in [-0.2, -0.15) is 0 Å². The first-order valence-corrected chi connectivity index (χ1v) is 8.97. The number of nitrogens with zero attached hydrogens (tertiary/aromatic N) is 2. The number of aromatic nitrogens is 2. The van der Waals surface area contributed by atoms with Gasteiger partial charge in [0.15, 0.2) is 5.16 Å². The number of benzene rings is 1. The van der Waals surface area contributed by atoms with Crippen LogP contribution in [0.15, 0.2) is 34.2 Å². The summed E-state index contributed by atoms with van der Waals surface area (Å²) in [6.07, 6.45) is 0.756. The minimum Gasteiger partial charge on any atom is -0.341 e. The van der Waals surface area contributed by atoms with Crippen LogP contribution in [0.4, 0.5) is 4.79 Å². The summed E-state index contributed by atoms with van der Waals surface area (Å²) >= 11 is 1.16. The number of fused-ring (bicyclic) bond motifs is 1. The second kappa shape index (κ2) is 8.15. The largest absolute Gasteiger partial charge is 0.341 e. The number of urea groups is 1. The van der Waals surface area contributed by atoms with Gasteiger partial charge >= 0.3 is 6.03 Å². The minimum absolute atomic E-state index is 0.0543. The molecule has 2 N–H and O–H groups in total. The Hall–Kier alpha value is -2.35. The summed E-state index contributed by atoms with van der Waals surface area (Å²) < 4.78 is 1.62. The molecule has 0 aliphatic carbocycles. The molecular formula is C17H22N4O3S. The number of carbonyl (C=O) groups excluding carboxylic acids is 2. The van der Waals surface area contributed by atoms with Crippen LogP contribution in [0.3, 0.4) is 0 Å². The third kappa shape index (κ3) is 4.19. The molecule has 1 heterocycles. The lowest BCUT2D eigenvalue weighted by atomic mass is 10.2. The lowest BCUT2D eigenvalue weighted by Crippen LogP contribution is -2.41. The van der Waals surface area contributed by atoms with Crippen molar-refractivity contribution in [3.8, 4) is 0 Å². The number of para-hydroxylation sites is 1. The molecule has 2 atom stereocenters. The van der Waals surface area contributed by atoms with Crippen molar-refractivity contribution in [3.05, 3.63) is 34.6 Å². The quantitative estimate of drug-likeness (QED) is 0.629. The maximum Gasteiger partial charge on any atom is 0.321 e. The van der Waals surface area contributed by atoms with Gasteiger partial charge in [-0.25, -0.2) is 9.78 Å². The van der Waals surface area contributed by atoms with Gasteiger partial charge in [-0.15, -0.1) is 0 Å². The average Bonchev–Trinajstić information content (AvgIpc) is 2.61. The van der Waals surface area contributed by atoms with Gasteiger partial charge in [-0.3, -0.25) is 19.5 Å². The molecule has 0 aliphatic rings. The summed E-state index contributed by atoms with van der Waals surface area (Å²) in [5.41, 5.74) is 0.467. The van der Waals surface area contributed by atoms with Gasteiger partial charge in [-0.05, 0) is 32.4 Å². The van der Waals surface area contributed by atoms with E-state index in [4.69, 9.17) is 0 Å². The van der Waals surface area contributed by atoms with Crippen LogP contribution in [0.5, 0.6) is 0 Å². The molecule has 7 nitrogen and oxygen atoms in total. The van der Waals surface area contributed by atoms with Crippen molar-refractivity contribution in [1.29, 1.82) is 0 Å². The molecule has 2 rings (SSSR count). The predicted molar refractivity (Wildman–Crippen MR) is 98.9 cm³/mol. The molecule has 1 aromatic heterocycles. The number of hydrogen-bond donors (Lipinski definition) is 2. The second-order valence-electron chi connectivity index (χ2n) is 5.67. The van der Waals surface area contributed by atoms with Crippen LogP contribution in [0.1, 0.15) is 33.2 Å². The Balaban J connectivity index is 2.43. The molecule has 2 unspecified atom stereocenters. The number of nitrogens with one attached hydrogen (secondary N) is 2. The maximum atomic E-state index is 12.9. The number of carbonyl (C=O) groups is 2. The summed E-state index contributed by atoms with van der Waals surface area (Å²) in [6, 6.07) is 6.53. The Bertz CT molecular complexity index is 849. The van der Waals surface area contributed by atoms with E-state index >= 15 is 0 Å². The zero-order valence-electron chi connectivity index (χ0n) is 14.7. The topological polar surface area (TPSA) is 93.1 Å². The first-order valence-electron chi connectivity index (χ1n) is 8.09. The Morgan fingerprint density at radius 2 is 1.96 bits per heavy atom. The zero-order chi connectivity index (χ0) is 18.6. The molecule has 0 spiro atoms. The van der Waals surface area contributed by atoms with E-state index in [2.05, 4.69) is 15.6 Å². The fourth-order valence-electron chi connectivity index (χ4n) is 2.27. The molecule has 0 fully saturated rings. The highest BCUT2D eigenvalue weighted by Gasteiger charge is 2.22. The van der Waals surface area contributed by atoms with Gasteiger partial charge in [-0.1, -0.05) is 30.8 Å².